The van der Waals surface area contributed by atoms with E-state index in [-0.39, 0.29) is 4.36 Å². The van der Waals surface area contributed by atoms with Gasteiger partial charge in [0.05, 0.1) is 15.2 Å². The van der Waals surface area contributed by atoms with E-state index in [4.69, 9.17) is 11.6 Å². The van der Waals surface area contributed by atoms with Crippen molar-refractivity contribution in [1.29, 1.82) is 0 Å². The Morgan fingerprint density at radius 3 is 2.17 bits per heavy atom. The normalized spacial score (nSPS) is 13.7. The molecule has 1 nitrogen and oxygen atoms in total. The molecule has 0 aliphatic heterocycles. The van der Waals surface area contributed by atoms with Crippen molar-refractivity contribution >= 4 is 22.4 Å². The Balaban J connectivity index is 3.57. The number of halogens is 1. The maximum absolute atomic E-state index is 10.0. The van der Waals surface area contributed by atoms with Crippen LogP contribution in [0, 0.1) is 0 Å². The zero-order valence-electron chi connectivity index (χ0n) is 3.40. The maximum Gasteiger partial charge on any atom is 0.0971 e. The lowest BCUT2D eigenvalue weighted by molar-refractivity contribution is 0.691. The molecule has 0 heterocycles. The van der Waals surface area contributed by atoms with Crippen molar-refractivity contribution in [3.05, 3.63) is 10.9 Å². The van der Waals surface area contributed by atoms with Crippen molar-refractivity contribution in [2.45, 2.75) is 0 Å². The van der Waals surface area contributed by atoms with Crippen LogP contribution in [-0.4, -0.2) is 10.5 Å². The molecule has 0 aromatic carbocycles. The summed E-state index contributed by atoms with van der Waals surface area (Å²) in [6, 6.07) is 0. The predicted molar refractivity (Wildman–Crippen MR) is 29.1 cm³/mol. The second-order valence-electron chi connectivity index (χ2n) is 0.809. The summed E-state index contributed by atoms with van der Waals surface area (Å²) in [4.78, 5) is 0. The summed E-state index contributed by atoms with van der Waals surface area (Å²) in [5.41, 5.74) is 0. The average molecular weight is 125 g/mol. The molecule has 0 aromatic rings. The fraction of sp³-hybridized carbons (Fsp3) is 0.333. The van der Waals surface area contributed by atoms with Gasteiger partial charge in [-0.05, 0) is 0 Å². The van der Waals surface area contributed by atoms with Gasteiger partial charge < -0.3 is 0 Å². The van der Waals surface area contributed by atoms with Crippen LogP contribution in [0.1, 0.15) is 0 Å². The van der Waals surface area contributed by atoms with Crippen molar-refractivity contribution in [1.82, 2.24) is 0 Å². The molecule has 0 aliphatic rings. The smallest absolute Gasteiger partial charge is 0.0971 e. The summed E-state index contributed by atoms with van der Waals surface area (Å²) in [7, 11) is -1.05. The summed E-state index contributed by atoms with van der Waals surface area (Å²) >= 11 is 5.12. The Labute approximate surface area is 44.5 Å². The van der Waals surface area contributed by atoms with E-state index in [0.717, 1.165) is 0 Å². The van der Waals surface area contributed by atoms with Gasteiger partial charge in [-0.3, -0.25) is 4.21 Å². The van der Waals surface area contributed by atoms with Crippen molar-refractivity contribution in [3.63, 3.8) is 0 Å². The fourth-order valence-corrected chi connectivity index (χ4v) is 0. The molecule has 0 spiro atoms. The molecule has 1 atom stereocenters. The van der Waals surface area contributed by atoms with Crippen LogP contribution in [0.3, 0.4) is 0 Å². The molecular weight excluding hydrogens is 120 g/mol. The first-order valence-electron chi connectivity index (χ1n) is 1.32. The van der Waals surface area contributed by atoms with Gasteiger partial charge in [0.2, 0.25) is 0 Å². The van der Waals surface area contributed by atoms with E-state index in [0.29, 0.717) is 0 Å². The molecule has 0 aliphatic carbocycles. The first-order chi connectivity index (χ1) is 2.64. The lowest BCUT2D eigenvalue weighted by atomic mass is 11.3. The van der Waals surface area contributed by atoms with Crippen LogP contribution in [0.15, 0.2) is 10.9 Å². The molecule has 0 amide bonds. The Morgan fingerprint density at radius 2 is 2.17 bits per heavy atom. The van der Waals surface area contributed by atoms with Crippen molar-refractivity contribution < 1.29 is 4.21 Å². The highest BCUT2D eigenvalue weighted by Gasteiger charge is 1.86. The largest absolute Gasteiger partial charge is 0.254 e. The van der Waals surface area contributed by atoms with Gasteiger partial charge in [-0.1, -0.05) is 18.2 Å². The maximum atomic E-state index is 10.0. The molecule has 3 heteroatoms. The molecule has 0 rings (SSSR count). The molecule has 1 unspecified atom stereocenters. The molecule has 0 radical (unpaired) electrons. The second kappa shape index (κ2) is 2.37. The molecular formula is C3H5ClOS. The van der Waals surface area contributed by atoms with E-state index in [2.05, 4.69) is 6.58 Å². The average Bonchev–Trinajstić information content (AvgIpc) is 1.36. The van der Waals surface area contributed by atoms with Gasteiger partial charge in [0.1, 0.15) is 0 Å². The summed E-state index contributed by atoms with van der Waals surface area (Å²) < 4.78 is 10.2. The molecule has 0 aromatic heterocycles. The summed E-state index contributed by atoms with van der Waals surface area (Å²) in [6.45, 7) is 3.22. The standard InChI is InChI=1S/C3H5ClOS/c1-3(4)6(2)5/h1H2,2H3. The number of hydrogen-bond donors (Lipinski definition) is 0. The second-order valence-corrected chi connectivity index (χ2v) is 2.89. The molecule has 0 saturated carbocycles. The molecule has 0 N–H and O–H groups in total. The van der Waals surface area contributed by atoms with Crippen LogP contribution in [0.4, 0.5) is 0 Å². The summed E-state index contributed by atoms with van der Waals surface area (Å²) in [6.07, 6.45) is 1.48. The van der Waals surface area contributed by atoms with Gasteiger partial charge in [0.15, 0.2) is 0 Å². The molecule has 0 saturated heterocycles. The van der Waals surface area contributed by atoms with E-state index in [9.17, 15) is 4.21 Å². The summed E-state index contributed by atoms with van der Waals surface area (Å²) in [5.74, 6) is 0. The highest BCUT2D eigenvalue weighted by atomic mass is 35.5. The van der Waals surface area contributed by atoms with E-state index >= 15 is 0 Å². The lowest BCUT2D eigenvalue weighted by Crippen LogP contribution is -1.77. The highest BCUT2D eigenvalue weighted by molar-refractivity contribution is 7.90. The van der Waals surface area contributed by atoms with Crippen LogP contribution in [0.2, 0.25) is 0 Å². The van der Waals surface area contributed by atoms with Crippen molar-refractivity contribution in [2.75, 3.05) is 6.26 Å². The molecule has 0 bridgehead atoms. The first kappa shape index (κ1) is 6.18. The minimum absolute atomic E-state index is 0.204. The van der Waals surface area contributed by atoms with E-state index in [1.54, 1.807) is 0 Å². The zero-order chi connectivity index (χ0) is 5.15. The van der Waals surface area contributed by atoms with E-state index in [1.807, 2.05) is 0 Å². The van der Waals surface area contributed by atoms with Gasteiger partial charge in [-0.15, -0.1) is 0 Å². The number of hydrogen-bond acceptors (Lipinski definition) is 1. The summed E-state index contributed by atoms with van der Waals surface area (Å²) in [5, 5.41) is 0. The van der Waals surface area contributed by atoms with Crippen LogP contribution < -0.4 is 0 Å². The van der Waals surface area contributed by atoms with Crippen molar-refractivity contribution in [3.8, 4) is 0 Å². The Kier molecular flexibility index (Phi) is 2.44. The van der Waals surface area contributed by atoms with Gasteiger partial charge in [-0.2, -0.15) is 0 Å². The van der Waals surface area contributed by atoms with Gasteiger partial charge >= 0.3 is 0 Å². The fourth-order valence-electron chi connectivity index (χ4n) is 0. The van der Waals surface area contributed by atoms with Gasteiger partial charge in [0, 0.05) is 6.26 Å². The van der Waals surface area contributed by atoms with Crippen molar-refractivity contribution in [2.24, 2.45) is 0 Å². The minimum atomic E-state index is -1.05. The Morgan fingerprint density at radius 1 is 2.00 bits per heavy atom. The van der Waals surface area contributed by atoms with Gasteiger partial charge in [0.25, 0.3) is 0 Å². The molecule has 36 valence electrons. The van der Waals surface area contributed by atoms with Crippen LogP contribution >= 0.6 is 11.6 Å². The van der Waals surface area contributed by atoms with Gasteiger partial charge in [-0.25, -0.2) is 0 Å². The Hall–Kier alpha value is 0.180. The lowest BCUT2D eigenvalue weighted by Gasteiger charge is -1.79. The predicted octanol–water partition coefficient (Wildman–Crippen LogP) is 1.07. The van der Waals surface area contributed by atoms with Crippen LogP contribution in [-0.2, 0) is 10.8 Å². The Bertz CT molecular complexity index is 76.8. The van der Waals surface area contributed by atoms with E-state index < -0.39 is 10.8 Å². The quantitative estimate of drug-likeness (QED) is 0.511. The molecule has 6 heavy (non-hydrogen) atoms. The topological polar surface area (TPSA) is 17.1 Å². The third-order valence-electron chi connectivity index (χ3n) is 0.312. The first-order valence-corrected chi connectivity index (χ1v) is 3.26. The SMILES string of the molecule is C=C(Cl)S(C)=O. The number of rotatable bonds is 1. The monoisotopic (exact) mass is 124 g/mol. The third kappa shape index (κ3) is 2.42. The van der Waals surface area contributed by atoms with Crippen LogP contribution in [0.25, 0.3) is 0 Å². The highest BCUT2D eigenvalue weighted by Crippen LogP contribution is 1.98. The zero-order valence-corrected chi connectivity index (χ0v) is 4.97. The van der Waals surface area contributed by atoms with Crippen LogP contribution in [0.5, 0.6) is 0 Å². The molecule has 0 fully saturated rings. The third-order valence-corrected chi connectivity index (χ3v) is 1.59. The van der Waals surface area contributed by atoms with E-state index in [1.165, 1.54) is 6.26 Å². The minimum Gasteiger partial charge on any atom is -0.254 e.